The summed E-state index contributed by atoms with van der Waals surface area (Å²) in [5, 5.41) is 15.2. The molecule has 0 radical (unpaired) electrons. The van der Waals surface area contributed by atoms with E-state index in [1.54, 1.807) is 19.4 Å². The maximum Gasteiger partial charge on any atom is 0.212 e. The zero-order valence-electron chi connectivity index (χ0n) is 9.34. The minimum Gasteiger partial charge on any atom is -0.481 e. The lowest BCUT2D eigenvalue weighted by molar-refractivity contribution is 0.397. The average Bonchev–Trinajstić information content (AvgIpc) is 2.78. The Labute approximate surface area is 98.3 Å². The molecule has 6 heteroatoms. The second-order valence-corrected chi connectivity index (χ2v) is 3.42. The monoisotopic (exact) mass is 229 g/mol. The van der Waals surface area contributed by atoms with Gasteiger partial charge in [-0.2, -0.15) is 10.4 Å². The van der Waals surface area contributed by atoms with Crippen LogP contribution in [0.3, 0.4) is 0 Å². The first-order chi connectivity index (χ1) is 8.31. The summed E-state index contributed by atoms with van der Waals surface area (Å²) in [6.07, 6.45) is 2.55. The zero-order valence-corrected chi connectivity index (χ0v) is 9.34. The number of aromatic nitrogens is 4. The van der Waals surface area contributed by atoms with Gasteiger partial charge in [-0.15, -0.1) is 0 Å². The normalized spacial score (nSPS) is 9.88. The van der Waals surface area contributed by atoms with E-state index in [0.29, 0.717) is 18.1 Å². The van der Waals surface area contributed by atoms with Gasteiger partial charge in [0.2, 0.25) is 5.88 Å². The fourth-order valence-corrected chi connectivity index (χ4v) is 1.39. The highest BCUT2D eigenvalue weighted by Gasteiger charge is 2.04. The molecule has 0 aliphatic carbocycles. The van der Waals surface area contributed by atoms with Gasteiger partial charge in [-0.05, 0) is 5.56 Å². The minimum atomic E-state index is 0.220. The Hall–Kier alpha value is -2.42. The number of pyridine rings is 1. The molecule has 2 rings (SSSR count). The number of hydrogen-bond donors (Lipinski definition) is 1. The molecule has 17 heavy (non-hydrogen) atoms. The second-order valence-electron chi connectivity index (χ2n) is 3.42. The molecule has 0 aliphatic heterocycles. The fourth-order valence-electron chi connectivity index (χ4n) is 1.39. The molecule has 86 valence electrons. The third-order valence-corrected chi connectivity index (χ3v) is 2.19. The van der Waals surface area contributed by atoms with Crippen LogP contribution in [0.15, 0.2) is 18.3 Å². The molecule has 0 unspecified atom stereocenters. The first-order valence-electron chi connectivity index (χ1n) is 5.08. The van der Waals surface area contributed by atoms with E-state index in [4.69, 9.17) is 10.00 Å². The molecule has 0 fully saturated rings. The number of H-pyrrole nitrogens is 1. The maximum atomic E-state index is 8.51. The molecule has 2 heterocycles. The van der Waals surface area contributed by atoms with Crippen LogP contribution in [-0.4, -0.2) is 27.3 Å². The number of nitriles is 1. The van der Waals surface area contributed by atoms with Crippen LogP contribution in [0.25, 0.3) is 0 Å². The van der Waals surface area contributed by atoms with Crippen molar-refractivity contribution in [1.29, 1.82) is 5.26 Å². The number of rotatable bonds is 4. The topological polar surface area (TPSA) is 87.5 Å². The first-order valence-corrected chi connectivity index (χ1v) is 5.08. The van der Waals surface area contributed by atoms with Crippen molar-refractivity contribution < 1.29 is 4.74 Å². The molecule has 0 amide bonds. The first kappa shape index (κ1) is 11.1. The van der Waals surface area contributed by atoms with E-state index in [-0.39, 0.29) is 6.42 Å². The lowest BCUT2D eigenvalue weighted by Crippen LogP contribution is -1.93. The van der Waals surface area contributed by atoms with E-state index < -0.39 is 0 Å². The Bertz CT molecular complexity index is 526. The SMILES string of the molecule is COc1ccc(Cc2nc(CC#N)n[nH]2)cn1. The molecule has 0 spiro atoms. The molecule has 0 aromatic carbocycles. The predicted molar refractivity (Wildman–Crippen MR) is 59.3 cm³/mol. The Morgan fingerprint density at radius 3 is 3.00 bits per heavy atom. The average molecular weight is 229 g/mol. The third-order valence-electron chi connectivity index (χ3n) is 2.19. The van der Waals surface area contributed by atoms with Crippen LogP contribution >= 0.6 is 0 Å². The molecule has 2 aromatic heterocycles. The van der Waals surface area contributed by atoms with Crippen molar-refractivity contribution in [3.63, 3.8) is 0 Å². The zero-order chi connectivity index (χ0) is 12.1. The lowest BCUT2D eigenvalue weighted by Gasteiger charge is -1.99. The number of nitrogens with one attached hydrogen (secondary N) is 1. The minimum absolute atomic E-state index is 0.220. The standard InChI is InChI=1S/C11H11N5O/c1-17-11-3-2-8(7-13-11)6-10-14-9(4-5-12)15-16-10/h2-3,7H,4,6H2,1H3,(H,14,15,16). The summed E-state index contributed by atoms with van der Waals surface area (Å²) in [5.41, 5.74) is 1.01. The van der Waals surface area contributed by atoms with Gasteiger partial charge in [0, 0.05) is 18.7 Å². The van der Waals surface area contributed by atoms with Crippen LogP contribution in [0, 0.1) is 11.3 Å². The van der Waals surface area contributed by atoms with Crippen molar-refractivity contribution in [2.45, 2.75) is 12.8 Å². The van der Waals surface area contributed by atoms with Crippen LogP contribution in [0.5, 0.6) is 5.88 Å². The van der Waals surface area contributed by atoms with Gasteiger partial charge in [0.1, 0.15) is 5.82 Å². The molecule has 2 aromatic rings. The summed E-state index contributed by atoms with van der Waals surface area (Å²) in [4.78, 5) is 8.29. The molecule has 1 N–H and O–H groups in total. The van der Waals surface area contributed by atoms with Crippen LogP contribution in [-0.2, 0) is 12.8 Å². The molecule has 0 bridgehead atoms. The van der Waals surface area contributed by atoms with Crippen LogP contribution < -0.4 is 4.74 Å². The van der Waals surface area contributed by atoms with Gasteiger partial charge in [-0.1, -0.05) is 6.07 Å². The van der Waals surface area contributed by atoms with Crippen LogP contribution in [0.1, 0.15) is 17.2 Å². The molecular formula is C11H11N5O. The van der Waals surface area contributed by atoms with Gasteiger partial charge < -0.3 is 4.74 Å². The van der Waals surface area contributed by atoms with Crippen LogP contribution in [0.2, 0.25) is 0 Å². The summed E-state index contributed by atoms with van der Waals surface area (Å²) < 4.78 is 4.97. The van der Waals surface area contributed by atoms with E-state index in [0.717, 1.165) is 11.4 Å². The van der Waals surface area contributed by atoms with E-state index in [9.17, 15) is 0 Å². The Morgan fingerprint density at radius 2 is 2.35 bits per heavy atom. The Morgan fingerprint density at radius 1 is 1.47 bits per heavy atom. The summed E-state index contributed by atoms with van der Waals surface area (Å²) >= 11 is 0. The number of ether oxygens (including phenoxy) is 1. The lowest BCUT2D eigenvalue weighted by atomic mass is 10.2. The van der Waals surface area contributed by atoms with E-state index in [1.807, 2.05) is 12.1 Å². The van der Waals surface area contributed by atoms with Gasteiger partial charge >= 0.3 is 0 Å². The second kappa shape index (κ2) is 5.07. The Kier molecular flexibility index (Phi) is 3.31. The van der Waals surface area contributed by atoms with Crippen molar-refractivity contribution in [3.8, 4) is 11.9 Å². The molecule has 6 nitrogen and oxygen atoms in total. The van der Waals surface area contributed by atoms with Crippen LogP contribution in [0.4, 0.5) is 0 Å². The van der Waals surface area contributed by atoms with Crippen molar-refractivity contribution >= 4 is 0 Å². The molecule has 0 saturated heterocycles. The number of nitrogens with zero attached hydrogens (tertiary/aromatic N) is 4. The smallest absolute Gasteiger partial charge is 0.212 e. The van der Waals surface area contributed by atoms with Crippen molar-refractivity contribution in [3.05, 3.63) is 35.5 Å². The third kappa shape index (κ3) is 2.78. The van der Waals surface area contributed by atoms with Gasteiger partial charge in [0.05, 0.1) is 19.6 Å². The van der Waals surface area contributed by atoms with Gasteiger partial charge in [-0.3, -0.25) is 5.10 Å². The van der Waals surface area contributed by atoms with Crippen molar-refractivity contribution in [2.24, 2.45) is 0 Å². The largest absolute Gasteiger partial charge is 0.481 e. The van der Waals surface area contributed by atoms with E-state index in [1.165, 1.54) is 0 Å². The number of methoxy groups -OCH3 is 1. The predicted octanol–water partition coefficient (Wildman–Crippen LogP) is 0.865. The summed E-state index contributed by atoms with van der Waals surface area (Å²) in [6.45, 7) is 0. The Balaban J connectivity index is 2.06. The molecule has 0 saturated carbocycles. The number of aromatic amines is 1. The highest BCUT2D eigenvalue weighted by molar-refractivity contribution is 5.20. The maximum absolute atomic E-state index is 8.51. The van der Waals surface area contributed by atoms with Gasteiger partial charge in [0.15, 0.2) is 5.82 Å². The number of hydrogen-bond acceptors (Lipinski definition) is 5. The van der Waals surface area contributed by atoms with Gasteiger partial charge in [-0.25, -0.2) is 9.97 Å². The van der Waals surface area contributed by atoms with E-state index in [2.05, 4.69) is 20.2 Å². The van der Waals surface area contributed by atoms with E-state index >= 15 is 0 Å². The molecule has 0 aliphatic rings. The fraction of sp³-hybridized carbons (Fsp3) is 0.273. The summed E-state index contributed by atoms with van der Waals surface area (Å²) in [7, 11) is 1.58. The molecule has 0 atom stereocenters. The van der Waals surface area contributed by atoms with Gasteiger partial charge in [0.25, 0.3) is 0 Å². The van der Waals surface area contributed by atoms with Crippen molar-refractivity contribution in [1.82, 2.24) is 20.2 Å². The summed E-state index contributed by atoms with van der Waals surface area (Å²) in [5.74, 6) is 1.82. The molecular weight excluding hydrogens is 218 g/mol. The quantitative estimate of drug-likeness (QED) is 0.840. The van der Waals surface area contributed by atoms with Crippen molar-refractivity contribution in [2.75, 3.05) is 7.11 Å². The summed E-state index contributed by atoms with van der Waals surface area (Å²) in [6, 6.07) is 5.71. The highest BCUT2D eigenvalue weighted by Crippen LogP contribution is 2.09. The highest BCUT2D eigenvalue weighted by atomic mass is 16.5.